The van der Waals surface area contributed by atoms with Crippen LogP contribution in [0.4, 0.5) is 0 Å². The van der Waals surface area contributed by atoms with E-state index in [-0.39, 0.29) is 0 Å². The molecule has 0 radical (unpaired) electrons. The number of nitrogens with zero attached hydrogens (tertiary/aromatic N) is 1. The molecule has 5 nitrogen and oxygen atoms in total. The van der Waals surface area contributed by atoms with Crippen molar-refractivity contribution in [1.82, 2.24) is 9.03 Å². The summed E-state index contributed by atoms with van der Waals surface area (Å²) in [7, 11) is -3.24. The summed E-state index contributed by atoms with van der Waals surface area (Å²) in [6, 6.07) is 0. The Hall–Kier alpha value is -0.170. The van der Waals surface area contributed by atoms with E-state index < -0.39 is 10.2 Å². The lowest BCUT2D eigenvalue weighted by molar-refractivity contribution is 0.186. The number of hydrogen-bond donors (Lipinski definition) is 1. The molecule has 0 unspecified atom stereocenters. The Morgan fingerprint density at radius 1 is 1.25 bits per heavy atom. The normalized spacial score (nSPS) is 28.4. The lowest BCUT2D eigenvalue weighted by Crippen LogP contribution is -2.44. The lowest BCUT2D eigenvalue weighted by Gasteiger charge is -2.26. The van der Waals surface area contributed by atoms with E-state index in [0.717, 1.165) is 32.3 Å². The number of nitrogens with one attached hydrogen (secondary N) is 1. The zero-order valence-electron chi connectivity index (χ0n) is 9.52. The van der Waals surface area contributed by atoms with Crippen LogP contribution in [0.2, 0.25) is 0 Å². The second-order valence-corrected chi connectivity index (χ2v) is 6.30. The van der Waals surface area contributed by atoms with E-state index in [9.17, 15) is 8.42 Å². The first-order valence-electron chi connectivity index (χ1n) is 6.01. The largest absolute Gasteiger partial charge is 0.381 e. The fraction of sp³-hybridized carbons (Fsp3) is 1.00. The van der Waals surface area contributed by atoms with Crippen LogP contribution in [0.1, 0.15) is 25.7 Å². The molecule has 0 aromatic carbocycles. The summed E-state index contributed by atoms with van der Waals surface area (Å²) < 4.78 is 33.3. The van der Waals surface area contributed by atoms with Crippen LogP contribution < -0.4 is 4.72 Å². The van der Waals surface area contributed by atoms with Crippen molar-refractivity contribution in [1.29, 1.82) is 0 Å². The summed E-state index contributed by atoms with van der Waals surface area (Å²) in [5, 5.41) is 0. The molecular formula is C10H20N2O3S. The number of piperidine rings is 1. The van der Waals surface area contributed by atoms with Gasteiger partial charge >= 0.3 is 0 Å². The molecule has 2 aliphatic heterocycles. The minimum absolute atomic E-state index is 0.347. The van der Waals surface area contributed by atoms with Gasteiger partial charge < -0.3 is 4.74 Å². The Labute approximate surface area is 97.3 Å². The summed E-state index contributed by atoms with van der Waals surface area (Å²) in [4.78, 5) is 0. The second kappa shape index (κ2) is 5.44. The molecule has 2 aliphatic rings. The average molecular weight is 248 g/mol. The van der Waals surface area contributed by atoms with Crippen LogP contribution in [0.5, 0.6) is 0 Å². The summed E-state index contributed by atoms with van der Waals surface area (Å²) in [6.45, 7) is 3.28. The van der Waals surface area contributed by atoms with Gasteiger partial charge in [0.25, 0.3) is 10.2 Å². The van der Waals surface area contributed by atoms with Crippen LogP contribution in [0.25, 0.3) is 0 Å². The van der Waals surface area contributed by atoms with Gasteiger partial charge in [-0.2, -0.15) is 12.7 Å². The Morgan fingerprint density at radius 2 is 2.00 bits per heavy atom. The van der Waals surface area contributed by atoms with Gasteiger partial charge in [-0.1, -0.05) is 6.42 Å². The van der Waals surface area contributed by atoms with Crippen LogP contribution in [0.15, 0.2) is 0 Å². The smallest absolute Gasteiger partial charge is 0.279 e. The van der Waals surface area contributed by atoms with E-state index in [1.54, 1.807) is 4.31 Å². The number of hydrogen-bond acceptors (Lipinski definition) is 3. The van der Waals surface area contributed by atoms with Crippen molar-refractivity contribution in [2.24, 2.45) is 5.92 Å². The highest BCUT2D eigenvalue weighted by molar-refractivity contribution is 7.87. The molecule has 0 amide bonds. The molecule has 2 heterocycles. The molecule has 0 spiro atoms. The van der Waals surface area contributed by atoms with Gasteiger partial charge in [0, 0.05) is 26.2 Å². The Morgan fingerprint density at radius 3 is 2.62 bits per heavy atom. The third-order valence-electron chi connectivity index (χ3n) is 3.23. The quantitative estimate of drug-likeness (QED) is 0.780. The van der Waals surface area contributed by atoms with Crippen molar-refractivity contribution in [3.63, 3.8) is 0 Å². The van der Waals surface area contributed by atoms with Crippen LogP contribution in [0.3, 0.4) is 0 Å². The lowest BCUT2D eigenvalue weighted by atomic mass is 10.1. The fourth-order valence-electron chi connectivity index (χ4n) is 2.16. The topological polar surface area (TPSA) is 58.6 Å². The van der Waals surface area contributed by atoms with Crippen molar-refractivity contribution in [2.45, 2.75) is 25.7 Å². The molecule has 0 aromatic heterocycles. The van der Waals surface area contributed by atoms with Crippen molar-refractivity contribution in [3.8, 4) is 0 Å². The van der Waals surface area contributed by atoms with Gasteiger partial charge in [0.15, 0.2) is 0 Å². The van der Waals surface area contributed by atoms with Crippen molar-refractivity contribution in [2.75, 3.05) is 32.8 Å². The fourth-order valence-corrected chi connectivity index (χ4v) is 3.53. The van der Waals surface area contributed by atoms with Crippen LogP contribution in [0, 0.1) is 5.92 Å². The zero-order chi connectivity index (χ0) is 11.4. The maximum Gasteiger partial charge on any atom is 0.279 e. The predicted molar refractivity (Wildman–Crippen MR) is 61.3 cm³/mol. The highest BCUT2D eigenvalue weighted by Crippen LogP contribution is 2.14. The van der Waals surface area contributed by atoms with E-state index in [1.165, 1.54) is 0 Å². The molecule has 94 valence electrons. The molecule has 2 rings (SSSR count). The third kappa shape index (κ3) is 3.16. The van der Waals surface area contributed by atoms with Crippen LogP contribution in [-0.2, 0) is 14.9 Å². The van der Waals surface area contributed by atoms with E-state index in [2.05, 4.69) is 4.72 Å². The van der Waals surface area contributed by atoms with Gasteiger partial charge in [0.2, 0.25) is 0 Å². The molecule has 1 atom stereocenters. The van der Waals surface area contributed by atoms with E-state index in [4.69, 9.17) is 4.74 Å². The Balaban J connectivity index is 1.81. The first-order valence-corrected chi connectivity index (χ1v) is 7.45. The van der Waals surface area contributed by atoms with Crippen LogP contribution in [-0.4, -0.2) is 45.6 Å². The van der Waals surface area contributed by atoms with Crippen molar-refractivity contribution in [3.05, 3.63) is 0 Å². The summed E-state index contributed by atoms with van der Waals surface area (Å²) >= 11 is 0. The molecule has 2 saturated heterocycles. The average Bonchev–Trinajstić information content (AvgIpc) is 2.81. The predicted octanol–water partition coefficient (Wildman–Crippen LogP) is 0.343. The highest BCUT2D eigenvalue weighted by atomic mass is 32.2. The number of rotatable bonds is 4. The summed E-state index contributed by atoms with van der Waals surface area (Å²) in [5.41, 5.74) is 0. The Bertz CT molecular complexity index is 306. The third-order valence-corrected chi connectivity index (χ3v) is 4.81. The van der Waals surface area contributed by atoms with Gasteiger partial charge in [-0.05, 0) is 25.2 Å². The maximum absolute atomic E-state index is 11.9. The molecule has 0 saturated carbocycles. The van der Waals surface area contributed by atoms with Crippen molar-refractivity contribution >= 4 is 10.2 Å². The molecule has 1 N–H and O–H groups in total. The first-order chi connectivity index (χ1) is 7.68. The zero-order valence-corrected chi connectivity index (χ0v) is 10.3. The minimum atomic E-state index is -3.24. The van der Waals surface area contributed by atoms with Gasteiger partial charge in [0.05, 0.1) is 6.61 Å². The number of ether oxygens (including phenoxy) is 1. The second-order valence-electron chi connectivity index (χ2n) is 4.54. The van der Waals surface area contributed by atoms with E-state index >= 15 is 0 Å². The molecule has 0 bridgehead atoms. The van der Waals surface area contributed by atoms with E-state index in [1.807, 2.05) is 0 Å². The molecule has 0 aromatic rings. The highest BCUT2D eigenvalue weighted by Gasteiger charge is 2.25. The monoisotopic (exact) mass is 248 g/mol. The summed E-state index contributed by atoms with van der Waals surface area (Å²) in [6.07, 6.45) is 4.06. The summed E-state index contributed by atoms with van der Waals surface area (Å²) in [5.74, 6) is 0.347. The molecule has 16 heavy (non-hydrogen) atoms. The SMILES string of the molecule is O=S(=O)(NC[C@H]1CCOC1)N1CCCCC1. The first kappa shape index (κ1) is 12.3. The van der Waals surface area contributed by atoms with Crippen LogP contribution >= 0.6 is 0 Å². The molecule has 6 heteroatoms. The van der Waals surface area contributed by atoms with E-state index in [0.29, 0.717) is 32.2 Å². The molecule has 0 aliphatic carbocycles. The molecule has 2 fully saturated rings. The standard InChI is InChI=1S/C10H20N2O3S/c13-16(14,12-5-2-1-3-6-12)11-8-10-4-7-15-9-10/h10-11H,1-9H2/t10-/m1/s1. The van der Waals surface area contributed by atoms with Gasteiger partial charge in [-0.15, -0.1) is 0 Å². The maximum atomic E-state index is 11.9. The van der Waals surface area contributed by atoms with Crippen molar-refractivity contribution < 1.29 is 13.2 Å². The van der Waals surface area contributed by atoms with Gasteiger partial charge in [-0.25, -0.2) is 4.72 Å². The Kier molecular flexibility index (Phi) is 4.18. The van der Waals surface area contributed by atoms with Gasteiger partial charge in [-0.3, -0.25) is 0 Å². The molecular weight excluding hydrogens is 228 g/mol. The minimum Gasteiger partial charge on any atom is -0.381 e. The van der Waals surface area contributed by atoms with Gasteiger partial charge in [0.1, 0.15) is 0 Å².